The smallest absolute Gasteiger partial charge is 0.252 e. The second-order valence-electron chi connectivity index (χ2n) is 6.97. The molecule has 1 fully saturated rings. The maximum Gasteiger partial charge on any atom is 0.252 e. The number of carbonyl (C=O) groups excluding carboxylic acids is 1. The molecule has 1 saturated heterocycles. The molecule has 3 aromatic rings. The Morgan fingerprint density at radius 2 is 2.18 bits per heavy atom. The largest absolute Gasteiger partial charge is 0.368 e. The summed E-state index contributed by atoms with van der Waals surface area (Å²) < 4.78 is 10.9. The number of aromatic nitrogens is 4. The average molecular weight is 404 g/mol. The van der Waals surface area contributed by atoms with E-state index < -0.39 is 0 Å². The Bertz CT molecular complexity index is 962. The third-order valence-corrected chi connectivity index (χ3v) is 5.11. The molecule has 1 amide bonds. The van der Waals surface area contributed by atoms with Gasteiger partial charge in [0.05, 0.1) is 17.1 Å². The molecule has 0 aliphatic carbocycles. The summed E-state index contributed by atoms with van der Waals surface area (Å²) in [6, 6.07) is 5.53. The maximum atomic E-state index is 12.5. The van der Waals surface area contributed by atoms with Crippen molar-refractivity contribution in [3.8, 4) is 0 Å². The van der Waals surface area contributed by atoms with Crippen LogP contribution in [0.4, 0.5) is 0 Å². The molecule has 0 bridgehead atoms. The number of aryl methyl sites for hydroxylation is 2. The third-order valence-electron chi connectivity index (χ3n) is 4.88. The van der Waals surface area contributed by atoms with Gasteiger partial charge in [-0.2, -0.15) is 4.98 Å². The SMILES string of the molecule is Cc1noc(COC2CCN(C(=O)CCc3nc4ccc(Cl)cc4[nH]3)CC2)n1. The minimum absolute atomic E-state index is 0.108. The quantitative estimate of drug-likeness (QED) is 0.679. The Kier molecular flexibility index (Phi) is 5.59. The van der Waals surface area contributed by atoms with Gasteiger partial charge in [0, 0.05) is 31.0 Å². The second-order valence-corrected chi connectivity index (χ2v) is 7.41. The molecular weight excluding hydrogens is 382 g/mol. The first-order valence-corrected chi connectivity index (χ1v) is 9.77. The average Bonchev–Trinajstić information content (AvgIpc) is 3.30. The van der Waals surface area contributed by atoms with Crippen LogP contribution in [0.25, 0.3) is 11.0 Å². The Hall–Kier alpha value is -2.45. The zero-order valence-electron chi connectivity index (χ0n) is 15.7. The number of imidazole rings is 1. The molecule has 8 nitrogen and oxygen atoms in total. The minimum atomic E-state index is 0.108. The lowest BCUT2D eigenvalue weighted by Crippen LogP contribution is -2.41. The predicted molar refractivity (Wildman–Crippen MR) is 103 cm³/mol. The molecule has 148 valence electrons. The summed E-state index contributed by atoms with van der Waals surface area (Å²) in [4.78, 5) is 26.3. The van der Waals surface area contributed by atoms with E-state index in [2.05, 4.69) is 20.1 Å². The van der Waals surface area contributed by atoms with Crippen LogP contribution in [0.5, 0.6) is 0 Å². The molecule has 0 spiro atoms. The van der Waals surface area contributed by atoms with Crippen molar-refractivity contribution < 1.29 is 14.1 Å². The van der Waals surface area contributed by atoms with Gasteiger partial charge in [-0.15, -0.1) is 0 Å². The number of H-pyrrole nitrogens is 1. The number of piperidine rings is 1. The number of halogens is 1. The number of likely N-dealkylation sites (tertiary alicyclic amines) is 1. The van der Waals surface area contributed by atoms with Crippen molar-refractivity contribution in [2.75, 3.05) is 13.1 Å². The van der Waals surface area contributed by atoms with E-state index in [1.54, 1.807) is 6.92 Å². The molecule has 4 rings (SSSR count). The van der Waals surface area contributed by atoms with E-state index in [-0.39, 0.29) is 12.0 Å². The van der Waals surface area contributed by atoms with E-state index in [0.717, 1.165) is 29.7 Å². The summed E-state index contributed by atoms with van der Waals surface area (Å²) in [5.74, 6) is 2.04. The van der Waals surface area contributed by atoms with E-state index >= 15 is 0 Å². The molecule has 3 heterocycles. The molecule has 2 aromatic heterocycles. The Morgan fingerprint density at radius 1 is 1.36 bits per heavy atom. The van der Waals surface area contributed by atoms with E-state index in [4.69, 9.17) is 20.9 Å². The van der Waals surface area contributed by atoms with Crippen LogP contribution in [0, 0.1) is 6.92 Å². The van der Waals surface area contributed by atoms with E-state index in [1.165, 1.54) is 0 Å². The zero-order valence-corrected chi connectivity index (χ0v) is 16.4. The topological polar surface area (TPSA) is 97.1 Å². The molecule has 9 heteroatoms. The van der Waals surface area contributed by atoms with Crippen molar-refractivity contribution in [2.45, 2.75) is 45.3 Å². The highest BCUT2D eigenvalue weighted by molar-refractivity contribution is 6.31. The van der Waals surface area contributed by atoms with Gasteiger partial charge >= 0.3 is 0 Å². The molecule has 1 aliphatic rings. The number of nitrogens with one attached hydrogen (secondary N) is 1. The third kappa shape index (κ3) is 4.51. The fourth-order valence-electron chi connectivity index (χ4n) is 3.40. The van der Waals surface area contributed by atoms with Gasteiger partial charge in [0.25, 0.3) is 5.89 Å². The van der Waals surface area contributed by atoms with Crippen molar-refractivity contribution in [1.29, 1.82) is 0 Å². The molecule has 1 aromatic carbocycles. The Labute approximate surface area is 167 Å². The van der Waals surface area contributed by atoms with Crippen LogP contribution in [0.1, 0.15) is 36.8 Å². The lowest BCUT2D eigenvalue weighted by molar-refractivity contribution is -0.134. The molecular formula is C19H22ClN5O3. The maximum absolute atomic E-state index is 12.5. The van der Waals surface area contributed by atoms with Crippen LogP contribution in [0.3, 0.4) is 0 Å². The Balaban J connectivity index is 1.22. The highest BCUT2D eigenvalue weighted by Gasteiger charge is 2.23. The number of ether oxygens (including phenoxy) is 1. The standard InChI is InChI=1S/C19H22ClN5O3/c1-12-21-18(28-24-12)11-27-14-6-8-25(9-7-14)19(26)5-4-17-22-15-3-2-13(20)10-16(15)23-17/h2-3,10,14H,4-9,11H2,1H3,(H,22,23). The van der Waals surface area contributed by atoms with Gasteiger partial charge in [-0.25, -0.2) is 4.98 Å². The fraction of sp³-hybridized carbons (Fsp3) is 0.474. The number of hydrogen-bond acceptors (Lipinski definition) is 6. The normalized spacial score (nSPS) is 15.4. The number of fused-ring (bicyclic) bond motifs is 1. The summed E-state index contributed by atoms with van der Waals surface area (Å²) in [5.41, 5.74) is 1.76. The summed E-state index contributed by atoms with van der Waals surface area (Å²) in [7, 11) is 0. The lowest BCUT2D eigenvalue weighted by atomic mass is 10.1. The summed E-state index contributed by atoms with van der Waals surface area (Å²) in [6.07, 6.45) is 2.74. The predicted octanol–water partition coefficient (Wildman–Crippen LogP) is 3.05. The van der Waals surface area contributed by atoms with Crippen LogP contribution in [0.15, 0.2) is 22.7 Å². The van der Waals surface area contributed by atoms with Crippen LogP contribution < -0.4 is 0 Å². The summed E-state index contributed by atoms with van der Waals surface area (Å²) in [5, 5.41) is 4.41. The first-order valence-electron chi connectivity index (χ1n) is 9.39. The van der Waals surface area contributed by atoms with Gasteiger partial charge in [-0.05, 0) is 38.0 Å². The summed E-state index contributed by atoms with van der Waals surface area (Å²) in [6.45, 7) is 3.48. The first-order chi connectivity index (χ1) is 13.6. The number of carbonyl (C=O) groups is 1. The van der Waals surface area contributed by atoms with Crippen molar-refractivity contribution in [3.05, 3.63) is 40.8 Å². The van der Waals surface area contributed by atoms with Crippen LogP contribution in [0.2, 0.25) is 5.02 Å². The highest BCUT2D eigenvalue weighted by Crippen LogP contribution is 2.19. The van der Waals surface area contributed by atoms with Gasteiger partial charge < -0.3 is 19.1 Å². The molecule has 0 atom stereocenters. The first kappa shape index (κ1) is 18.9. The molecule has 0 saturated carbocycles. The highest BCUT2D eigenvalue weighted by atomic mass is 35.5. The number of hydrogen-bond donors (Lipinski definition) is 1. The number of amides is 1. The second kappa shape index (κ2) is 8.28. The van der Waals surface area contributed by atoms with Crippen LogP contribution in [-0.4, -0.2) is 50.1 Å². The number of benzene rings is 1. The molecule has 1 N–H and O–H groups in total. The fourth-order valence-corrected chi connectivity index (χ4v) is 3.57. The number of aromatic amines is 1. The van der Waals surface area contributed by atoms with Crippen molar-refractivity contribution in [1.82, 2.24) is 25.0 Å². The van der Waals surface area contributed by atoms with Crippen molar-refractivity contribution >= 4 is 28.5 Å². The van der Waals surface area contributed by atoms with Crippen molar-refractivity contribution in [3.63, 3.8) is 0 Å². The van der Waals surface area contributed by atoms with E-state index in [9.17, 15) is 4.79 Å². The van der Waals surface area contributed by atoms with Crippen LogP contribution >= 0.6 is 11.6 Å². The van der Waals surface area contributed by atoms with Gasteiger partial charge in [0.2, 0.25) is 5.91 Å². The minimum Gasteiger partial charge on any atom is -0.368 e. The monoisotopic (exact) mass is 403 g/mol. The number of rotatable bonds is 6. The molecule has 0 unspecified atom stereocenters. The number of nitrogens with zero attached hydrogens (tertiary/aromatic N) is 4. The molecule has 1 aliphatic heterocycles. The zero-order chi connectivity index (χ0) is 19.5. The van der Waals surface area contributed by atoms with Gasteiger partial charge in [-0.1, -0.05) is 16.8 Å². The lowest BCUT2D eigenvalue weighted by Gasteiger charge is -2.31. The van der Waals surface area contributed by atoms with Gasteiger partial charge in [-0.3, -0.25) is 4.79 Å². The van der Waals surface area contributed by atoms with E-state index in [1.807, 2.05) is 23.1 Å². The van der Waals surface area contributed by atoms with Crippen LogP contribution in [-0.2, 0) is 22.6 Å². The molecule has 28 heavy (non-hydrogen) atoms. The van der Waals surface area contributed by atoms with Gasteiger partial charge in [0.15, 0.2) is 5.82 Å². The van der Waals surface area contributed by atoms with Gasteiger partial charge in [0.1, 0.15) is 12.4 Å². The summed E-state index contributed by atoms with van der Waals surface area (Å²) >= 11 is 6.00. The Morgan fingerprint density at radius 3 is 2.93 bits per heavy atom. The van der Waals surface area contributed by atoms with E-state index in [0.29, 0.717) is 49.3 Å². The molecule has 0 radical (unpaired) electrons. The van der Waals surface area contributed by atoms with Crippen molar-refractivity contribution in [2.24, 2.45) is 0 Å².